The molecular formula is C14H19BrN2O2S2. The van der Waals surface area contributed by atoms with Crippen molar-refractivity contribution in [3.05, 3.63) is 14.7 Å². The topological polar surface area (TPSA) is 49.4 Å². The van der Waals surface area contributed by atoms with E-state index in [1.54, 1.807) is 6.07 Å². The summed E-state index contributed by atoms with van der Waals surface area (Å²) in [6.45, 7) is 4.20. The largest absolute Gasteiger partial charge is 0.312 e. The zero-order valence-corrected chi connectivity index (χ0v) is 15.2. The third-order valence-electron chi connectivity index (χ3n) is 3.30. The Morgan fingerprint density at radius 2 is 2.29 bits per heavy atom. The summed E-state index contributed by atoms with van der Waals surface area (Å²) in [4.78, 5) is 1.32. The molecule has 0 unspecified atom stereocenters. The van der Waals surface area contributed by atoms with Gasteiger partial charge in [0.2, 0.25) is 10.0 Å². The van der Waals surface area contributed by atoms with Gasteiger partial charge in [-0.3, -0.25) is 0 Å². The average molecular weight is 391 g/mol. The molecule has 21 heavy (non-hydrogen) atoms. The molecule has 0 saturated heterocycles. The van der Waals surface area contributed by atoms with Crippen LogP contribution in [0.3, 0.4) is 0 Å². The molecule has 0 aliphatic heterocycles. The predicted molar refractivity (Wildman–Crippen MR) is 89.7 cm³/mol. The molecule has 7 heteroatoms. The second kappa shape index (κ2) is 7.25. The maximum atomic E-state index is 12.8. The number of rotatable bonds is 8. The number of thiophene rings is 1. The SMILES string of the molecule is C#CCN(CC1CC1)S(=O)(=O)c1cc(CNCC)sc1Br. The third-order valence-corrected chi connectivity index (χ3v) is 7.36. The Labute approximate surface area is 139 Å². The van der Waals surface area contributed by atoms with Gasteiger partial charge >= 0.3 is 0 Å². The molecule has 1 N–H and O–H groups in total. The Kier molecular flexibility index (Phi) is 5.86. The number of nitrogens with one attached hydrogen (secondary N) is 1. The smallest absolute Gasteiger partial charge is 0.245 e. The first-order valence-electron chi connectivity index (χ1n) is 6.91. The minimum absolute atomic E-state index is 0.129. The Morgan fingerprint density at radius 1 is 1.57 bits per heavy atom. The first-order chi connectivity index (χ1) is 9.98. The van der Waals surface area contributed by atoms with Crippen LogP contribution in [0.5, 0.6) is 0 Å². The van der Waals surface area contributed by atoms with Crippen molar-refractivity contribution in [1.82, 2.24) is 9.62 Å². The summed E-state index contributed by atoms with van der Waals surface area (Å²) in [5, 5.41) is 3.20. The van der Waals surface area contributed by atoms with E-state index in [1.165, 1.54) is 15.6 Å². The molecule has 1 aliphatic rings. The Hall–Kier alpha value is -0.390. The lowest BCUT2D eigenvalue weighted by Gasteiger charge is -2.19. The van der Waals surface area contributed by atoms with Crippen molar-refractivity contribution in [3.63, 3.8) is 0 Å². The van der Waals surface area contributed by atoms with E-state index in [1.807, 2.05) is 6.92 Å². The Balaban J connectivity index is 2.23. The molecule has 116 valence electrons. The molecule has 2 rings (SSSR count). The molecule has 1 aliphatic carbocycles. The van der Waals surface area contributed by atoms with Gasteiger partial charge in [0.1, 0.15) is 4.90 Å². The monoisotopic (exact) mass is 390 g/mol. The lowest BCUT2D eigenvalue weighted by atomic mass is 10.4. The quantitative estimate of drug-likeness (QED) is 0.694. The zero-order chi connectivity index (χ0) is 15.5. The van der Waals surface area contributed by atoms with Crippen LogP contribution in [-0.2, 0) is 16.6 Å². The van der Waals surface area contributed by atoms with Crippen LogP contribution in [0.4, 0.5) is 0 Å². The fourth-order valence-electron chi connectivity index (χ4n) is 1.99. The minimum atomic E-state index is -3.53. The second-order valence-corrected chi connectivity index (χ2v) is 9.44. The van der Waals surface area contributed by atoms with Gasteiger partial charge in [-0.15, -0.1) is 17.8 Å². The van der Waals surface area contributed by atoms with Gasteiger partial charge in [0, 0.05) is 18.0 Å². The van der Waals surface area contributed by atoms with Crippen LogP contribution in [-0.4, -0.2) is 32.4 Å². The maximum absolute atomic E-state index is 12.8. The molecule has 1 aromatic heterocycles. The standard InChI is InChI=1S/C14H19BrN2O2S2/c1-3-7-17(10-11-5-6-11)21(18,19)13-8-12(9-16-4-2)20-14(13)15/h1,8,11,16H,4-7,9-10H2,2H3. The highest BCUT2D eigenvalue weighted by atomic mass is 79.9. The van der Waals surface area contributed by atoms with Crippen molar-refractivity contribution >= 4 is 37.3 Å². The second-order valence-electron chi connectivity index (χ2n) is 5.08. The summed E-state index contributed by atoms with van der Waals surface area (Å²) in [5.74, 6) is 2.92. The fraction of sp³-hybridized carbons (Fsp3) is 0.571. The van der Waals surface area contributed by atoms with Crippen molar-refractivity contribution in [3.8, 4) is 12.3 Å². The first-order valence-corrected chi connectivity index (χ1v) is 9.96. The van der Waals surface area contributed by atoms with Crippen LogP contribution in [0.1, 0.15) is 24.6 Å². The van der Waals surface area contributed by atoms with Crippen molar-refractivity contribution < 1.29 is 8.42 Å². The highest BCUT2D eigenvalue weighted by molar-refractivity contribution is 9.11. The maximum Gasteiger partial charge on any atom is 0.245 e. The van der Waals surface area contributed by atoms with Crippen molar-refractivity contribution in [2.75, 3.05) is 19.6 Å². The van der Waals surface area contributed by atoms with Crippen molar-refractivity contribution in [2.24, 2.45) is 5.92 Å². The molecule has 1 heterocycles. The van der Waals surface area contributed by atoms with Gasteiger partial charge in [-0.05, 0) is 47.3 Å². The normalized spacial score (nSPS) is 15.3. The third kappa shape index (κ3) is 4.30. The van der Waals surface area contributed by atoms with E-state index in [0.717, 1.165) is 24.3 Å². The summed E-state index contributed by atoms with van der Waals surface area (Å²) in [6.07, 6.45) is 7.51. The molecule has 0 spiro atoms. The summed E-state index contributed by atoms with van der Waals surface area (Å²) in [5.41, 5.74) is 0. The van der Waals surface area contributed by atoms with E-state index in [2.05, 4.69) is 27.2 Å². The van der Waals surface area contributed by atoms with Gasteiger partial charge in [-0.25, -0.2) is 8.42 Å². The van der Waals surface area contributed by atoms with Crippen molar-refractivity contribution in [1.29, 1.82) is 0 Å². The van der Waals surface area contributed by atoms with Gasteiger partial charge < -0.3 is 5.32 Å². The Bertz CT molecular complexity index is 630. The van der Waals surface area contributed by atoms with E-state index in [-0.39, 0.29) is 6.54 Å². The zero-order valence-electron chi connectivity index (χ0n) is 11.9. The van der Waals surface area contributed by atoms with Gasteiger partial charge in [0.15, 0.2) is 0 Å². The molecule has 1 saturated carbocycles. The number of sulfonamides is 1. The first kappa shape index (κ1) is 17.0. The lowest BCUT2D eigenvalue weighted by molar-refractivity contribution is 0.430. The number of nitrogens with zero attached hydrogens (tertiary/aromatic N) is 1. The van der Waals surface area contributed by atoms with Crippen LogP contribution in [0.2, 0.25) is 0 Å². The molecular weight excluding hydrogens is 372 g/mol. The molecule has 0 atom stereocenters. The lowest BCUT2D eigenvalue weighted by Crippen LogP contribution is -2.33. The summed E-state index contributed by atoms with van der Waals surface area (Å²) in [7, 11) is -3.53. The van der Waals surface area contributed by atoms with E-state index >= 15 is 0 Å². The highest BCUT2D eigenvalue weighted by Gasteiger charge is 2.33. The van der Waals surface area contributed by atoms with Crippen LogP contribution in [0.25, 0.3) is 0 Å². The van der Waals surface area contributed by atoms with Crippen LogP contribution < -0.4 is 5.32 Å². The van der Waals surface area contributed by atoms with Gasteiger partial charge in [0.25, 0.3) is 0 Å². The minimum Gasteiger partial charge on any atom is -0.312 e. The predicted octanol–water partition coefficient (Wildman–Crippen LogP) is 2.65. The van der Waals surface area contributed by atoms with E-state index in [4.69, 9.17) is 6.42 Å². The number of halogens is 1. The average Bonchev–Trinajstić information content (AvgIpc) is 3.17. The van der Waals surface area contributed by atoms with E-state index in [9.17, 15) is 8.42 Å². The highest BCUT2D eigenvalue weighted by Crippen LogP contribution is 2.36. The fourth-order valence-corrected chi connectivity index (χ4v) is 6.02. The number of hydrogen-bond donors (Lipinski definition) is 1. The van der Waals surface area contributed by atoms with E-state index in [0.29, 0.717) is 27.7 Å². The van der Waals surface area contributed by atoms with Gasteiger partial charge in [-0.1, -0.05) is 12.8 Å². The molecule has 0 aromatic carbocycles. The number of hydrogen-bond acceptors (Lipinski definition) is 4. The summed E-state index contributed by atoms with van der Waals surface area (Å²) in [6, 6.07) is 1.74. The van der Waals surface area contributed by atoms with Gasteiger partial charge in [0.05, 0.1) is 10.3 Å². The molecule has 0 radical (unpaired) electrons. The molecule has 0 amide bonds. The van der Waals surface area contributed by atoms with Crippen molar-refractivity contribution in [2.45, 2.75) is 31.2 Å². The van der Waals surface area contributed by atoms with Crippen LogP contribution in [0.15, 0.2) is 14.7 Å². The van der Waals surface area contributed by atoms with Crippen LogP contribution >= 0.6 is 27.3 Å². The molecule has 4 nitrogen and oxygen atoms in total. The summed E-state index contributed by atoms with van der Waals surface area (Å²) >= 11 is 4.83. The van der Waals surface area contributed by atoms with Gasteiger partial charge in [-0.2, -0.15) is 4.31 Å². The van der Waals surface area contributed by atoms with E-state index < -0.39 is 10.0 Å². The molecule has 0 bridgehead atoms. The molecule has 1 fully saturated rings. The Morgan fingerprint density at radius 3 is 2.86 bits per heavy atom. The number of terminal acetylenes is 1. The van der Waals surface area contributed by atoms with Crippen LogP contribution in [0, 0.1) is 18.3 Å². The molecule has 1 aromatic rings. The summed E-state index contributed by atoms with van der Waals surface area (Å²) < 4.78 is 27.6.